The van der Waals surface area contributed by atoms with Crippen LogP contribution >= 0.6 is 11.6 Å². The molecular weight excluding hydrogens is 422 g/mol. The maximum Gasteiger partial charge on any atom is 0.238 e. The SMILES string of the molecule is Cc1cc(Cl)ccc1OCCCC(=O)NNC(=O)CCc1nc(-c2cccnc2)no1. The van der Waals surface area contributed by atoms with Crippen LogP contribution in [0.1, 0.15) is 30.7 Å². The Hall–Kier alpha value is -3.46. The first-order chi connectivity index (χ1) is 15.0. The Kier molecular flexibility index (Phi) is 7.94. The molecule has 0 bridgehead atoms. The number of hydrazine groups is 1. The number of hydrogen-bond acceptors (Lipinski definition) is 7. The van der Waals surface area contributed by atoms with E-state index in [-0.39, 0.29) is 31.1 Å². The van der Waals surface area contributed by atoms with E-state index in [9.17, 15) is 9.59 Å². The Bertz CT molecular complexity index is 1030. The topological polar surface area (TPSA) is 119 Å². The number of ether oxygens (including phenoxy) is 1. The Morgan fingerprint density at radius 2 is 1.97 bits per heavy atom. The van der Waals surface area contributed by atoms with Crippen LogP contribution < -0.4 is 15.6 Å². The van der Waals surface area contributed by atoms with Crippen molar-refractivity contribution in [2.75, 3.05) is 6.61 Å². The highest BCUT2D eigenvalue weighted by atomic mass is 35.5. The first kappa shape index (κ1) is 22.2. The van der Waals surface area contributed by atoms with Gasteiger partial charge in [-0.15, -0.1) is 0 Å². The number of nitrogens with zero attached hydrogens (tertiary/aromatic N) is 3. The summed E-state index contributed by atoms with van der Waals surface area (Å²) < 4.78 is 10.8. The first-order valence-corrected chi connectivity index (χ1v) is 10.1. The molecule has 0 unspecified atom stereocenters. The van der Waals surface area contributed by atoms with E-state index >= 15 is 0 Å². The Morgan fingerprint density at radius 1 is 1.16 bits per heavy atom. The molecule has 2 amide bonds. The van der Waals surface area contributed by atoms with Crippen LogP contribution in [-0.4, -0.2) is 33.5 Å². The fourth-order valence-electron chi connectivity index (χ4n) is 2.64. The fourth-order valence-corrected chi connectivity index (χ4v) is 2.87. The zero-order valence-electron chi connectivity index (χ0n) is 16.9. The molecule has 2 aromatic heterocycles. The van der Waals surface area contributed by atoms with Crippen molar-refractivity contribution in [1.29, 1.82) is 0 Å². The zero-order chi connectivity index (χ0) is 22.1. The van der Waals surface area contributed by atoms with Gasteiger partial charge in [-0.25, -0.2) is 0 Å². The van der Waals surface area contributed by atoms with Crippen molar-refractivity contribution in [3.8, 4) is 17.1 Å². The monoisotopic (exact) mass is 443 g/mol. The minimum absolute atomic E-state index is 0.0912. The van der Waals surface area contributed by atoms with E-state index < -0.39 is 0 Å². The van der Waals surface area contributed by atoms with Crippen molar-refractivity contribution in [3.05, 3.63) is 59.2 Å². The average Bonchev–Trinajstić information content (AvgIpc) is 3.25. The molecule has 0 atom stereocenters. The molecule has 0 fully saturated rings. The zero-order valence-corrected chi connectivity index (χ0v) is 17.7. The number of aromatic nitrogens is 3. The van der Waals surface area contributed by atoms with Crippen LogP contribution in [0.15, 0.2) is 47.2 Å². The molecule has 2 heterocycles. The van der Waals surface area contributed by atoms with Crippen LogP contribution in [0.5, 0.6) is 5.75 Å². The van der Waals surface area contributed by atoms with Crippen LogP contribution in [0.2, 0.25) is 5.02 Å². The Balaban J connectivity index is 1.30. The summed E-state index contributed by atoms with van der Waals surface area (Å²) in [5.41, 5.74) is 6.41. The summed E-state index contributed by atoms with van der Waals surface area (Å²) in [7, 11) is 0. The number of aryl methyl sites for hydroxylation is 2. The first-order valence-electron chi connectivity index (χ1n) is 9.71. The molecule has 3 rings (SSSR count). The molecule has 2 N–H and O–H groups in total. The van der Waals surface area contributed by atoms with Gasteiger partial charge in [-0.1, -0.05) is 16.8 Å². The quantitative estimate of drug-likeness (QED) is 0.385. The van der Waals surface area contributed by atoms with Gasteiger partial charge in [0.25, 0.3) is 0 Å². The number of pyridine rings is 1. The maximum atomic E-state index is 11.9. The van der Waals surface area contributed by atoms with E-state index in [1.165, 1.54) is 0 Å². The molecule has 0 saturated heterocycles. The Labute approximate surface area is 184 Å². The highest BCUT2D eigenvalue weighted by molar-refractivity contribution is 6.30. The third-order valence-electron chi connectivity index (χ3n) is 4.24. The summed E-state index contributed by atoms with van der Waals surface area (Å²) in [6, 6.07) is 8.94. The van der Waals surface area contributed by atoms with Crippen LogP contribution in [0.25, 0.3) is 11.4 Å². The van der Waals surface area contributed by atoms with Gasteiger partial charge in [0.05, 0.1) is 6.61 Å². The highest BCUT2D eigenvalue weighted by Crippen LogP contribution is 2.21. The summed E-state index contributed by atoms with van der Waals surface area (Å²) in [5.74, 6) is 0.803. The van der Waals surface area contributed by atoms with Gasteiger partial charge in [-0.05, 0) is 49.2 Å². The molecule has 31 heavy (non-hydrogen) atoms. The number of amides is 2. The summed E-state index contributed by atoms with van der Waals surface area (Å²) >= 11 is 5.91. The lowest BCUT2D eigenvalue weighted by Crippen LogP contribution is -2.41. The smallest absolute Gasteiger partial charge is 0.238 e. The van der Waals surface area contributed by atoms with Gasteiger partial charge in [0, 0.05) is 42.2 Å². The third kappa shape index (κ3) is 7.07. The summed E-state index contributed by atoms with van der Waals surface area (Å²) in [4.78, 5) is 32.0. The van der Waals surface area contributed by atoms with Crippen molar-refractivity contribution in [2.45, 2.75) is 32.6 Å². The average molecular weight is 444 g/mol. The molecule has 10 heteroatoms. The number of rotatable bonds is 9. The standard InChI is InChI=1S/C21H22ClN5O4/c1-14-12-16(22)6-7-17(14)30-11-3-5-18(28)25-26-19(29)8-9-20-24-21(27-31-20)15-4-2-10-23-13-15/h2,4,6-7,10,12-13H,3,5,8-9,11H2,1H3,(H,25,28)(H,26,29). The maximum absolute atomic E-state index is 11.9. The van der Waals surface area contributed by atoms with Crippen molar-refractivity contribution in [3.63, 3.8) is 0 Å². The number of carbonyl (C=O) groups is 2. The number of halogens is 1. The molecule has 0 spiro atoms. The van der Waals surface area contributed by atoms with Crippen molar-refractivity contribution >= 4 is 23.4 Å². The number of nitrogens with one attached hydrogen (secondary N) is 2. The normalized spacial score (nSPS) is 10.5. The van der Waals surface area contributed by atoms with Crippen LogP contribution in [0, 0.1) is 6.92 Å². The largest absolute Gasteiger partial charge is 0.493 e. The number of hydrogen-bond donors (Lipinski definition) is 2. The summed E-state index contributed by atoms with van der Waals surface area (Å²) in [5, 5.41) is 4.51. The van der Waals surface area contributed by atoms with Crippen molar-refractivity contribution in [2.24, 2.45) is 0 Å². The van der Waals surface area contributed by atoms with E-state index in [0.717, 1.165) is 16.9 Å². The van der Waals surface area contributed by atoms with E-state index in [2.05, 4.69) is 26.0 Å². The second-order valence-electron chi connectivity index (χ2n) is 6.71. The van der Waals surface area contributed by atoms with Gasteiger partial charge in [0.15, 0.2) is 0 Å². The lowest BCUT2D eigenvalue weighted by Gasteiger charge is -2.10. The third-order valence-corrected chi connectivity index (χ3v) is 4.47. The molecule has 1 aromatic carbocycles. The molecule has 0 saturated carbocycles. The summed E-state index contributed by atoms with van der Waals surface area (Å²) in [6.45, 7) is 2.28. The van der Waals surface area contributed by atoms with Gasteiger partial charge < -0.3 is 9.26 Å². The van der Waals surface area contributed by atoms with E-state index in [4.69, 9.17) is 20.9 Å². The second kappa shape index (κ2) is 11.1. The van der Waals surface area contributed by atoms with Gasteiger partial charge in [0.1, 0.15) is 5.75 Å². The van der Waals surface area contributed by atoms with Gasteiger partial charge in [-0.3, -0.25) is 25.4 Å². The number of carbonyl (C=O) groups excluding carboxylic acids is 2. The van der Waals surface area contributed by atoms with E-state index in [1.54, 1.807) is 30.6 Å². The molecule has 162 valence electrons. The molecule has 0 radical (unpaired) electrons. The predicted octanol–water partition coefficient (Wildman–Crippen LogP) is 3.03. The summed E-state index contributed by atoms with van der Waals surface area (Å²) in [6.07, 6.45) is 4.33. The lowest BCUT2D eigenvalue weighted by atomic mass is 10.2. The lowest BCUT2D eigenvalue weighted by molar-refractivity contribution is -0.129. The molecule has 3 aromatic rings. The minimum atomic E-state index is -0.359. The van der Waals surface area contributed by atoms with Gasteiger partial charge in [0.2, 0.25) is 23.5 Å². The van der Waals surface area contributed by atoms with Gasteiger partial charge >= 0.3 is 0 Å². The molecule has 9 nitrogen and oxygen atoms in total. The highest BCUT2D eigenvalue weighted by Gasteiger charge is 2.11. The fraction of sp³-hybridized carbons (Fsp3) is 0.286. The van der Waals surface area contributed by atoms with Crippen LogP contribution in [0.4, 0.5) is 0 Å². The van der Waals surface area contributed by atoms with Gasteiger partial charge in [-0.2, -0.15) is 4.98 Å². The minimum Gasteiger partial charge on any atom is -0.493 e. The van der Waals surface area contributed by atoms with Crippen molar-refractivity contribution < 1.29 is 18.8 Å². The van der Waals surface area contributed by atoms with Crippen molar-refractivity contribution in [1.82, 2.24) is 26.0 Å². The van der Waals surface area contributed by atoms with E-state index in [1.807, 2.05) is 19.1 Å². The predicted molar refractivity (Wildman–Crippen MR) is 113 cm³/mol. The number of benzene rings is 1. The molecule has 0 aliphatic heterocycles. The Morgan fingerprint density at radius 3 is 2.71 bits per heavy atom. The van der Waals surface area contributed by atoms with E-state index in [0.29, 0.717) is 29.8 Å². The molecule has 0 aliphatic carbocycles. The molecule has 0 aliphatic rings. The second-order valence-corrected chi connectivity index (χ2v) is 7.15. The molecular formula is C21H22ClN5O4. The van der Waals surface area contributed by atoms with Crippen LogP contribution in [0.3, 0.4) is 0 Å². The van der Waals surface area contributed by atoms with Crippen LogP contribution in [-0.2, 0) is 16.0 Å².